The van der Waals surface area contributed by atoms with Gasteiger partial charge in [0.1, 0.15) is 5.75 Å². The first-order chi connectivity index (χ1) is 11.5. The van der Waals surface area contributed by atoms with Gasteiger partial charge in [0.05, 0.1) is 12.1 Å². The van der Waals surface area contributed by atoms with Crippen molar-refractivity contribution in [3.05, 3.63) is 58.6 Å². The van der Waals surface area contributed by atoms with Gasteiger partial charge in [0.15, 0.2) is 5.96 Å². The van der Waals surface area contributed by atoms with E-state index < -0.39 is 0 Å². The molecule has 0 aromatic heterocycles. The molecule has 1 fully saturated rings. The molecular formula is C19H23BrIN3O. The lowest BCUT2D eigenvalue weighted by molar-refractivity contribution is 0.242. The topological polar surface area (TPSA) is 59.6 Å². The van der Waals surface area contributed by atoms with Crippen molar-refractivity contribution < 1.29 is 4.74 Å². The molecule has 0 radical (unpaired) electrons. The molecule has 2 unspecified atom stereocenters. The molecule has 0 bridgehead atoms. The molecule has 1 aliphatic rings. The Morgan fingerprint density at radius 1 is 1.16 bits per heavy atom. The minimum absolute atomic E-state index is 0. The van der Waals surface area contributed by atoms with E-state index in [-0.39, 0.29) is 36.1 Å². The summed E-state index contributed by atoms with van der Waals surface area (Å²) >= 11 is 3.46. The van der Waals surface area contributed by atoms with Gasteiger partial charge in [-0.1, -0.05) is 28.1 Å². The van der Waals surface area contributed by atoms with Crippen molar-refractivity contribution in [2.45, 2.75) is 38.3 Å². The lowest BCUT2D eigenvalue weighted by Crippen LogP contribution is -2.23. The lowest BCUT2D eigenvalue weighted by atomic mass is 10.1. The number of rotatable bonds is 5. The number of nitrogens with two attached hydrogens (primary N) is 1. The first-order valence-corrected chi connectivity index (χ1v) is 8.93. The monoisotopic (exact) mass is 515 g/mol. The van der Waals surface area contributed by atoms with Crippen molar-refractivity contribution in [2.24, 2.45) is 10.7 Å². The van der Waals surface area contributed by atoms with Crippen LogP contribution < -0.4 is 15.8 Å². The average molecular weight is 516 g/mol. The number of nitrogens with zero attached hydrogens (tertiary/aromatic N) is 1. The van der Waals surface area contributed by atoms with Gasteiger partial charge in [-0.25, -0.2) is 4.99 Å². The first kappa shape index (κ1) is 20.0. The van der Waals surface area contributed by atoms with E-state index in [1.165, 1.54) is 5.56 Å². The summed E-state index contributed by atoms with van der Waals surface area (Å²) in [5, 5.41) is 3.14. The fourth-order valence-corrected chi connectivity index (χ4v) is 2.90. The molecule has 6 heteroatoms. The maximum Gasteiger partial charge on any atom is 0.193 e. The highest BCUT2D eigenvalue weighted by Crippen LogP contribution is 2.43. The molecule has 0 amide bonds. The van der Waals surface area contributed by atoms with Gasteiger partial charge in [-0.05, 0) is 62.2 Å². The van der Waals surface area contributed by atoms with E-state index >= 15 is 0 Å². The highest BCUT2D eigenvalue weighted by Gasteiger charge is 2.38. The quantitative estimate of drug-likeness (QED) is 0.329. The number of nitrogens with one attached hydrogen (secondary N) is 1. The largest absolute Gasteiger partial charge is 0.491 e. The number of guanidine groups is 1. The van der Waals surface area contributed by atoms with E-state index in [0.717, 1.165) is 22.3 Å². The second-order valence-electron chi connectivity index (χ2n) is 6.29. The Morgan fingerprint density at radius 2 is 1.80 bits per heavy atom. The van der Waals surface area contributed by atoms with Crippen LogP contribution in [0.4, 0.5) is 5.69 Å². The van der Waals surface area contributed by atoms with Crippen LogP contribution in [0.5, 0.6) is 5.75 Å². The normalized spacial score (nSPS) is 19.3. The van der Waals surface area contributed by atoms with Gasteiger partial charge in [0.25, 0.3) is 0 Å². The predicted molar refractivity (Wildman–Crippen MR) is 118 cm³/mol. The number of halogens is 2. The predicted octanol–water partition coefficient (Wildman–Crippen LogP) is 5.14. The van der Waals surface area contributed by atoms with Crippen LogP contribution in [-0.4, -0.2) is 18.1 Å². The van der Waals surface area contributed by atoms with Crippen LogP contribution in [0.1, 0.15) is 31.7 Å². The Labute approximate surface area is 174 Å². The van der Waals surface area contributed by atoms with Gasteiger partial charge in [0, 0.05) is 16.1 Å². The minimum atomic E-state index is 0. The SMILES string of the molecule is CC(C)Oc1ccc(NC(N)=NC2CC2c2ccc(Br)cc2)cc1.I. The number of hydrogen-bond donors (Lipinski definition) is 2. The highest BCUT2D eigenvalue weighted by molar-refractivity contribution is 14.0. The molecular weight excluding hydrogens is 493 g/mol. The summed E-state index contributed by atoms with van der Waals surface area (Å²) in [7, 11) is 0. The van der Waals surface area contributed by atoms with Gasteiger partial charge in [-0.15, -0.1) is 24.0 Å². The van der Waals surface area contributed by atoms with E-state index in [1.807, 2.05) is 38.1 Å². The van der Waals surface area contributed by atoms with Crippen molar-refractivity contribution in [3.63, 3.8) is 0 Å². The van der Waals surface area contributed by atoms with Crippen LogP contribution in [0.2, 0.25) is 0 Å². The standard InChI is InChI=1S/C19H22BrN3O.HI/c1-12(2)24-16-9-7-15(8-10-16)22-19(21)23-18-11-17(18)13-3-5-14(20)6-4-13;/h3-10,12,17-18H,11H2,1-2H3,(H3,21,22,23);1H. The summed E-state index contributed by atoms with van der Waals surface area (Å²) in [6.07, 6.45) is 1.21. The maximum absolute atomic E-state index is 6.03. The van der Waals surface area contributed by atoms with E-state index in [1.54, 1.807) is 0 Å². The molecule has 0 spiro atoms. The summed E-state index contributed by atoms with van der Waals surface area (Å²) in [6, 6.07) is 16.4. The molecule has 2 aromatic carbocycles. The zero-order valence-corrected chi connectivity index (χ0v) is 18.2. The Morgan fingerprint density at radius 3 is 2.40 bits per heavy atom. The molecule has 0 heterocycles. The van der Waals surface area contributed by atoms with Crippen LogP contribution in [-0.2, 0) is 0 Å². The van der Waals surface area contributed by atoms with Crippen LogP contribution >= 0.6 is 39.9 Å². The summed E-state index contributed by atoms with van der Waals surface area (Å²) in [5.41, 5.74) is 8.26. The fraction of sp³-hybridized carbons (Fsp3) is 0.316. The number of ether oxygens (including phenoxy) is 1. The van der Waals surface area contributed by atoms with Gasteiger partial charge in [0.2, 0.25) is 0 Å². The van der Waals surface area contributed by atoms with Crippen molar-refractivity contribution in [1.82, 2.24) is 0 Å². The highest BCUT2D eigenvalue weighted by atomic mass is 127. The van der Waals surface area contributed by atoms with Crippen molar-refractivity contribution in [2.75, 3.05) is 5.32 Å². The Bertz CT molecular complexity index is 716. The van der Waals surface area contributed by atoms with Crippen LogP contribution in [0.25, 0.3) is 0 Å². The molecule has 25 heavy (non-hydrogen) atoms. The number of benzene rings is 2. The van der Waals surface area contributed by atoms with E-state index in [4.69, 9.17) is 10.5 Å². The van der Waals surface area contributed by atoms with Crippen molar-refractivity contribution in [1.29, 1.82) is 0 Å². The summed E-state index contributed by atoms with van der Waals surface area (Å²) in [4.78, 5) is 4.58. The fourth-order valence-electron chi connectivity index (χ4n) is 2.64. The second kappa shape index (κ2) is 8.89. The zero-order chi connectivity index (χ0) is 17.1. The molecule has 3 N–H and O–H groups in total. The van der Waals surface area contributed by atoms with Crippen molar-refractivity contribution in [3.8, 4) is 5.75 Å². The number of aliphatic imine (C=N–C) groups is 1. The van der Waals surface area contributed by atoms with Gasteiger partial charge >= 0.3 is 0 Å². The Balaban J connectivity index is 0.00000225. The summed E-state index contributed by atoms with van der Waals surface area (Å²) in [5.74, 6) is 1.78. The summed E-state index contributed by atoms with van der Waals surface area (Å²) < 4.78 is 6.72. The van der Waals surface area contributed by atoms with Crippen LogP contribution in [0, 0.1) is 0 Å². The molecule has 3 rings (SSSR count). The molecule has 134 valence electrons. The van der Waals surface area contributed by atoms with Crippen LogP contribution in [0.15, 0.2) is 58.0 Å². The smallest absolute Gasteiger partial charge is 0.193 e. The summed E-state index contributed by atoms with van der Waals surface area (Å²) in [6.45, 7) is 4.02. The molecule has 0 aliphatic heterocycles. The third kappa shape index (κ3) is 5.88. The maximum atomic E-state index is 6.03. The van der Waals surface area contributed by atoms with E-state index in [2.05, 4.69) is 50.5 Å². The van der Waals surface area contributed by atoms with Gasteiger partial charge in [-0.2, -0.15) is 0 Å². The van der Waals surface area contributed by atoms with Gasteiger partial charge < -0.3 is 15.8 Å². The average Bonchev–Trinajstić information content (AvgIpc) is 3.28. The number of hydrogen-bond acceptors (Lipinski definition) is 2. The minimum Gasteiger partial charge on any atom is -0.491 e. The molecule has 1 saturated carbocycles. The van der Waals surface area contributed by atoms with Crippen molar-refractivity contribution >= 4 is 51.6 Å². The Kier molecular flexibility index (Phi) is 7.13. The van der Waals surface area contributed by atoms with E-state index in [9.17, 15) is 0 Å². The molecule has 2 aromatic rings. The van der Waals surface area contributed by atoms with Gasteiger partial charge in [-0.3, -0.25) is 0 Å². The van der Waals surface area contributed by atoms with Crippen LogP contribution in [0.3, 0.4) is 0 Å². The number of anilines is 1. The molecule has 0 saturated heterocycles. The zero-order valence-electron chi connectivity index (χ0n) is 14.3. The second-order valence-corrected chi connectivity index (χ2v) is 7.21. The Hall–Kier alpha value is -1.28. The lowest BCUT2D eigenvalue weighted by Gasteiger charge is -2.11. The van der Waals surface area contributed by atoms with E-state index in [0.29, 0.717) is 11.9 Å². The third-order valence-corrected chi connectivity index (χ3v) is 4.39. The molecule has 2 atom stereocenters. The third-order valence-electron chi connectivity index (χ3n) is 3.86. The first-order valence-electron chi connectivity index (χ1n) is 8.14. The molecule has 1 aliphatic carbocycles. The molecule has 4 nitrogen and oxygen atoms in total.